The number of rotatable bonds is 0. The first-order chi connectivity index (χ1) is 9.61. The normalized spacial score (nSPS) is 17.2. The summed E-state index contributed by atoms with van der Waals surface area (Å²) in [4.78, 5) is 0. The summed E-state index contributed by atoms with van der Waals surface area (Å²) in [5.74, 6) is 0. The summed E-state index contributed by atoms with van der Waals surface area (Å²) in [6.07, 6.45) is 21.9. The average Bonchev–Trinajstić information content (AvgIpc) is 3.03. The maximum Gasteiger partial charge on any atom is 2.00 e. The van der Waals surface area contributed by atoms with Crippen molar-refractivity contribution in [3.05, 3.63) is 60.4 Å². The fraction of sp³-hybridized carbons (Fsp3) is 0.524. The molecule has 3 rings (SSSR count). The number of halogens is 2. The predicted octanol–water partition coefficient (Wildman–Crippen LogP) is 0.782. The maximum absolute atomic E-state index is 3.12. The summed E-state index contributed by atoms with van der Waals surface area (Å²) >= 11 is 0. The second-order valence-corrected chi connectivity index (χ2v) is 5.90. The summed E-state index contributed by atoms with van der Waals surface area (Å²) in [6, 6.07) is 0. The molecule has 0 aromatic rings. The zero-order valence-corrected chi connectivity index (χ0v) is 19.9. The van der Waals surface area contributed by atoms with Crippen LogP contribution in [-0.2, 0) is 26.2 Å². The van der Waals surface area contributed by atoms with Gasteiger partial charge in [0.05, 0.1) is 0 Å². The molecule has 138 valence electrons. The minimum absolute atomic E-state index is 0. The van der Waals surface area contributed by atoms with Crippen LogP contribution >= 0.6 is 0 Å². The average molecular weight is 447 g/mol. The predicted molar refractivity (Wildman–Crippen MR) is 95.4 cm³/mol. The van der Waals surface area contributed by atoms with Gasteiger partial charge in [-0.3, -0.25) is 12.2 Å². The molecule has 3 heteroatoms. The smallest absolute Gasteiger partial charge is 1.00 e. The molecule has 0 bridgehead atoms. The standard InChI is InChI=1S/2C7H9.C6H11.CH3.2ClH.Zr/c2*1-6-4-3-5-7(6)2;1-2-4-6-5-3-1;;;;/h2*4H,5H2,1-2H3;1H,2-6H2;1H3;2*1H;/q4*-1;;;+2/p-2. The fourth-order valence-corrected chi connectivity index (χ4v) is 2.14. The van der Waals surface area contributed by atoms with Crippen molar-refractivity contribution in [2.75, 3.05) is 0 Å². The van der Waals surface area contributed by atoms with Gasteiger partial charge in [0.15, 0.2) is 0 Å². The van der Waals surface area contributed by atoms with Gasteiger partial charge >= 0.3 is 26.2 Å². The van der Waals surface area contributed by atoms with Crippen LogP contribution in [0.4, 0.5) is 0 Å². The molecular formula is C21H32Cl2Zr-4. The summed E-state index contributed by atoms with van der Waals surface area (Å²) in [5, 5.41) is 0. The zero-order chi connectivity index (χ0) is 14.8. The Labute approximate surface area is 183 Å². The molecule has 0 radical (unpaired) electrons. The van der Waals surface area contributed by atoms with Gasteiger partial charge in [-0.1, -0.05) is 33.1 Å². The second-order valence-electron chi connectivity index (χ2n) is 5.90. The third-order valence-corrected chi connectivity index (χ3v) is 4.03. The largest absolute Gasteiger partial charge is 2.00 e. The zero-order valence-electron chi connectivity index (χ0n) is 15.9. The van der Waals surface area contributed by atoms with Crippen LogP contribution in [-0.4, -0.2) is 0 Å². The van der Waals surface area contributed by atoms with Crippen molar-refractivity contribution in [1.82, 2.24) is 0 Å². The molecule has 3 aliphatic carbocycles. The Kier molecular flexibility index (Phi) is 26.4. The van der Waals surface area contributed by atoms with E-state index < -0.39 is 0 Å². The molecule has 1 fully saturated rings. The minimum atomic E-state index is 0. The van der Waals surface area contributed by atoms with E-state index in [9.17, 15) is 0 Å². The van der Waals surface area contributed by atoms with Crippen LogP contribution in [0, 0.1) is 26.0 Å². The first-order valence-corrected chi connectivity index (χ1v) is 7.89. The Hall–Kier alpha value is 0.423. The van der Waals surface area contributed by atoms with E-state index in [0.717, 1.165) is 12.8 Å². The Bertz CT molecular complexity index is 368. The summed E-state index contributed by atoms with van der Waals surface area (Å²) < 4.78 is 0. The molecule has 0 atom stereocenters. The van der Waals surface area contributed by atoms with Crippen LogP contribution in [0.2, 0.25) is 0 Å². The molecule has 24 heavy (non-hydrogen) atoms. The van der Waals surface area contributed by atoms with Gasteiger partial charge in [-0.2, -0.15) is 24.0 Å². The van der Waals surface area contributed by atoms with Crippen molar-refractivity contribution < 1.29 is 51.0 Å². The van der Waals surface area contributed by atoms with Crippen molar-refractivity contribution in [2.45, 2.75) is 72.6 Å². The minimum Gasteiger partial charge on any atom is -1.00 e. The molecule has 0 unspecified atom stereocenters. The Morgan fingerprint density at radius 3 is 1.21 bits per heavy atom. The van der Waals surface area contributed by atoms with Gasteiger partial charge < -0.3 is 38.7 Å². The first-order valence-electron chi connectivity index (χ1n) is 7.89. The van der Waals surface area contributed by atoms with Gasteiger partial charge in [-0.05, 0) is 0 Å². The van der Waals surface area contributed by atoms with Gasteiger partial charge in [0.2, 0.25) is 0 Å². The van der Waals surface area contributed by atoms with E-state index in [2.05, 4.69) is 58.4 Å². The SMILES string of the molecule is CC1=C(C)C[C-]=C1.CC1=C(C)C[C-]=C1.[CH-]1CCCCC1.[CH3-].[Cl-].[Cl-].[Zr+2]. The van der Waals surface area contributed by atoms with Crippen molar-refractivity contribution in [3.8, 4) is 0 Å². The molecule has 0 amide bonds. The van der Waals surface area contributed by atoms with Gasteiger partial charge in [-0.15, -0.1) is 26.7 Å². The monoisotopic (exact) mass is 444 g/mol. The summed E-state index contributed by atoms with van der Waals surface area (Å²) in [6.45, 7) is 8.53. The van der Waals surface area contributed by atoms with Gasteiger partial charge in [0, 0.05) is 0 Å². The molecule has 0 heterocycles. The van der Waals surface area contributed by atoms with Crippen LogP contribution < -0.4 is 24.8 Å². The molecule has 3 aliphatic rings. The van der Waals surface area contributed by atoms with Crippen molar-refractivity contribution in [2.24, 2.45) is 0 Å². The molecular weight excluding hydrogens is 414 g/mol. The molecule has 0 N–H and O–H groups in total. The van der Waals surface area contributed by atoms with E-state index in [4.69, 9.17) is 0 Å². The molecule has 0 spiro atoms. The van der Waals surface area contributed by atoms with Crippen molar-refractivity contribution >= 4 is 0 Å². The number of allylic oxidation sites excluding steroid dienone is 8. The van der Waals surface area contributed by atoms with Crippen molar-refractivity contribution in [3.63, 3.8) is 0 Å². The quantitative estimate of drug-likeness (QED) is 0.483. The van der Waals surface area contributed by atoms with E-state index in [1.54, 1.807) is 0 Å². The van der Waals surface area contributed by atoms with E-state index in [1.165, 1.54) is 54.4 Å². The molecule has 1 saturated carbocycles. The Morgan fingerprint density at radius 2 is 1.12 bits per heavy atom. The van der Waals surface area contributed by atoms with Crippen LogP contribution in [0.15, 0.2) is 34.4 Å². The Morgan fingerprint density at radius 1 is 0.750 bits per heavy atom. The third-order valence-electron chi connectivity index (χ3n) is 4.03. The molecule has 0 aromatic carbocycles. The summed E-state index contributed by atoms with van der Waals surface area (Å²) in [7, 11) is 0. The van der Waals surface area contributed by atoms with Crippen LogP contribution in [0.25, 0.3) is 0 Å². The van der Waals surface area contributed by atoms with E-state index in [0.29, 0.717) is 0 Å². The van der Waals surface area contributed by atoms with E-state index in [1.807, 2.05) is 0 Å². The van der Waals surface area contributed by atoms with Crippen LogP contribution in [0.1, 0.15) is 72.6 Å². The van der Waals surface area contributed by atoms with Gasteiger partial charge in [-0.25, -0.2) is 23.3 Å². The molecule has 0 aromatic heterocycles. The molecule has 0 nitrogen and oxygen atoms in total. The first kappa shape index (κ1) is 32.1. The van der Waals surface area contributed by atoms with Gasteiger partial charge in [0.25, 0.3) is 0 Å². The van der Waals surface area contributed by atoms with Crippen LogP contribution in [0.3, 0.4) is 0 Å². The maximum atomic E-state index is 3.12. The molecule has 0 saturated heterocycles. The number of hydrogen-bond acceptors (Lipinski definition) is 0. The topological polar surface area (TPSA) is 0 Å². The van der Waals surface area contributed by atoms with Gasteiger partial charge in [0.1, 0.15) is 0 Å². The second kappa shape index (κ2) is 19.7. The van der Waals surface area contributed by atoms with Crippen LogP contribution in [0.5, 0.6) is 0 Å². The van der Waals surface area contributed by atoms with E-state index >= 15 is 0 Å². The summed E-state index contributed by atoms with van der Waals surface area (Å²) in [5.41, 5.74) is 5.69. The Balaban J connectivity index is -0.000000116. The fourth-order valence-electron chi connectivity index (χ4n) is 2.14. The number of hydrogen-bond donors (Lipinski definition) is 0. The van der Waals surface area contributed by atoms with E-state index in [-0.39, 0.29) is 58.4 Å². The third kappa shape index (κ3) is 14.7. The molecule has 0 aliphatic heterocycles. The van der Waals surface area contributed by atoms with Crippen molar-refractivity contribution in [1.29, 1.82) is 0 Å².